The van der Waals surface area contributed by atoms with Gasteiger partial charge in [-0.15, -0.1) is 0 Å². The van der Waals surface area contributed by atoms with E-state index in [4.69, 9.17) is 5.10 Å². The number of carbonyl (C=O) groups excluding carboxylic acids is 1. The number of hydrogen-bond acceptors (Lipinski definition) is 5. The van der Waals surface area contributed by atoms with Crippen LogP contribution in [0.15, 0.2) is 78.2 Å². The summed E-state index contributed by atoms with van der Waals surface area (Å²) in [5.74, 6) is -0.149. The minimum Gasteiger partial charge on any atom is -0.335 e. The van der Waals surface area contributed by atoms with Gasteiger partial charge in [0, 0.05) is 49.1 Å². The number of rotatable bonds is 6. The number of nitrogens with one attached hydrogen (secondary N) is 1. The summed E-state index contributed by atoms with van der Waals surface area (Å²) >= 11 is 0. The van der Waals surface area contributed by atoms with Crippen molar-refractivity contribution < 1.29 is 13.2 Å². The van der Waals surface area contributed by atoms with Gasteiger partial charge < -0.3 is 9.88 Å². The third kappa shape index (κ3) is 4.02. The molecule has 34 heavy (non-hydrogen) atoms. The van der Waals surface area contributed by atoms with Crippen LogP contribution in [0.25, 0.3) is 0 Å². The van der Waals surface area contributed by atoms with E-state index in [0.29, 0.717) is 24.2 Å². The molecule has 0 saturated carbocycles. The van der Waals surface area contributed by atoms with Crippen molar-refractivity contribution in [1.82, 2.24) is 24.1 Å². The summed E-state index contributed by atoms with van der Waals surface area (Å²) in [4.78, 5) is 21.7. The van der Waals surface area contributed by atoms with Gasteiger partial charge >= 0.3 is 0 Å². The Hall–Kier alpha value is -3.76. The summed E-state index contributed by atoms with van der Waals surface area (Å²) < 4.78 is 29.4. The molecule has 0 saturated heterocycles. The van der Waals surface area contributed by atoms with Gasteiger partial charge in [-0.3, -0.25) is 9.48 Å². The normalized spacial score (nSPS) is 14.0. The fraction of sp³-hybridized carbons (Fsp3) is 0.208. The molecule has 0 unspecified atom stereocenters. The zero-order valence-electron chi connectivity index (χ0n) is 18.6. The highest BCUT2D eigenvalue weighted by atomic mass is 32.2. The van der Waals surface area contributed by atoms with Crippen molar-refractivity contribution in [1.29, 1.82) is 0 Å². The lowest BCUT2D eigenvalue weighted by molar-refractivity contribution is 0.0984. The highest BCUT2D eigenvalue weighted by Gasteiger charge is 2.33. The van der Waals surface area contributed by atoms with Crippen LogP contribution in [0.3, 0.4) is 0 Å². The number of aryl methyl sites for hydroxylation is 1. The van der Waals surface area contributed by atoms with Crippen LogP contribution in [0.4, 0.5) is 5.69 Å². The Balaban J connectivity index is 1.50. The smallest absolute Gasteiger partial charge is 0.260 e. The van der Waals surface area contributed by atoms with Crippen molar-refractivity contribution >= 4 is 21.6 Å². The summed E-state index contributed by atoms with van der Waals surface area (Å²) in [7, 11) is -1.86. The summed E-state index contributed by atoms with van der Waals surface area (Å²) in [6.45, 7) is 0.750. The number of aromatic amines is 1. The molecule has 0 atom stereocenters. The first-order valence-electron chi connectivity index (χ1n) is 10.9. The van der Waals surface area contributed by atoms with Crippen molar-refractivity contribution in [3.63, 3.8) is 0 Å². The van der Waals surface area contributed by atoms with Crippen molar-refractivity contribution in [3.8, 4) is 0 Å². The number of imidazole rings is 1. The first kappa shape index (κ1) is 22.1. The number of benzene rings is 2. The number of amides is 1. The van der Waals surface area contributed by atoms with Gasteiger partial charge in [-0.25, -0.2) is 13.4 Å². The fourth-order valence-corrected chi connectivity index (χ4v) is 5.58. The zero-order chi connectivity index (χ0) is 23.7. The number of sulfonamides is 1. The van der Waals surface area contributed by atoms with Gasteiger partial charge in [0.2, 0.25) is 0 Å². The van der Waals surface area contributed by atoms with E-state index in [9.17, 15) is 13.2 Å². The molecule has 10 heteroatoms. The average Bonchev–Trinajstić information content (AvgIpc) is 3.52. The van der Waals surface area contributed by atoms with Crippen LogP contribution < -0.4 is 4.90 Å². The molecular weight excluding hydrogens is 452 g/mol. The van der Waals surface area contributed by atoms with E-state index in [1.165, 1.54) is 16.8 Å². The Morgan fingerprint density at radius 2 is 1.79 bits per heavy atom. The van der Waals surface area contributed by atoms with Crippen LogP contribution in [0.1, 0.15) is 27.3 Å². The van der Waals surface area contributed by atoms with Gasteiger partial charge in [-0.1, -0.05) is 36.4 Å². The van der Waals surface area contributed by atoms with Crippen LogP contribution >= 0.6 is 0 Å². The van der Waals surface area contributed by atoms with E-state index in [-0.39, 0.29) is 24.0 Å². The summed E-state index contributed by atoms with van der Waals surface area (Å²) in [6, 6.07) is 18.5. The minimum absolute atomic E-state index is 0.0616. The molecule has 9 nitrogen and oxygen atoms in total. The number of nitrogens with zero attached hydrogens (tertiary/aromatic N) is 5. The molecule has 4 aromatic rings. The SMILES string of the molecule is Cn1nc(CN(C(=O)c2ccccc2)c2ccccc2)c2c1CCN(S(=O)(=O)c1cnc[nH]1)C2. The summed E-state index contributed by atoms with van der Waals surface area (Å²) in [5, 5.41) is 4.76. The average molecular weight is 477 g/mol. The standard InChI is InChI=1S/C24H24N6O3S/c1-28-22-12-13-29(34(32,33)23-14-25-17-26-23)15-20(22)21(27-28)16-30(19-10-6-3-7-11-19)24(31)18-8-4-2-5-9-18/h2-11,14,17H,12-13,15-16H2,1H3,(H,25,26). The first-order valence-corrected chi connectivity index (χ1v) is 12.3. The lowest BCUT2D eigenvalue weighted by atomic mass is 10.1. The highest BCUT2D eigenvalue weighted by Crippen LogP contribution is 2.28. The van der Waals surface area contributed by atoms with Crippen molar-refractivity contribution in [2.24, 2.45) is 7.05 Å². The largest absolute Gasteiger partial charge is 0.335 e. The topological polar surface area (TPSA) is 104 Å². The Labute approximate surface area is 197 Å². The number of aromatic nitrogens is 4. The van der Waals surface area contributed by atoms with Crippen LogP contribution in [0.2, 0.25) is 0 Å². The van der Waals surface area contributed by atoms with Crippen molar-refractivity contribution in [2.75, 3.05) is 11.4 Å². The Bertz CT molecular complexity index is 1400. The molecule has 5 rings (SSSR count). The minimum atomic E-state index is -3.71. The van der Waals surface area contributed by atoms with Crippen LogP contribution in [-0.2, 0) is 36.6 Å². The lowest BCUT2D eigenvalue weighted by Gasteiger charge is -2.27. The van der Waals surface area contributed by atoms with E-state index in [1.807, 2.05) is 55.6 Å². The van der Waals surface area contributed by atoms with Crippen molar-refractivity contribution in [3.05, 3.63) is 95.7 Å². The molecular formula is C24H24N6O3S. The van der Waals surface area contributed by atoms with Gasteiger partial charge in [-0.2, -0.15) is 9.40 Å². The maximum atomic E-state index is 13.5. The fourth-order valence-electron chi connectivity index (χ4n) is 4.27. The van der Waals surface area contributed by atoms with Gasteiger partial charge in [0.25, 0.3) is 15.9 Å². The van der Waals surface area contributed by atoms with Gasteiger partial charge in [-0.05, 0) is 24.3 Å². The van der Waals surface area contributed by atoms with Crippen LogP contribution in [0.5, 0.6) is 0 Å². The van der Waals surface area contributed by atoms with Gasteiger partial charge in [0.15, 0.2) is 5.03 Å². The quantitative estimate of drug-likeness (QED) is 0.461. The van der Waals surface area contributed by atoms with Crippen LogP contribution in [0, 0.1) is 0 Å². The van der Waals surface area contributed by atoms with E-state index in [0.717, 1.165) is 16.9 Å². The second-order valence-electron chi connectivity index (χ2n) is 8.09. The third-order valence-electron chi connectivity index (χ3n) is 6.02. The lowest BCUT2D eigenvalue weighted by Crippen LogP contribution is -2.37. The molecule has 1 aliphatic heterocycles. The van der Waals surface area contributed by atoms with E-state index in [1.54, 1.807) is 21.7 Å². The summed E-state index contributed by atoms with van der Waals surface area (Å²) in [6.07, 6.45) is 3.19. The maximum absolute atomic E-state index is 13.5. The molecule has 0 bridgehead atoms. The molecule has 0 fully saturated rings. The summed E-state index contributed by atoms with van der Waals surface area (Å²) in [5.41, 5.74) is 3.80. The molecule has 2 aromatic heterocycles. The van der Waals surface area contributed by atoms with Gasteiger partial charge in [0.05, 0.1) is 24.8 Å². The first-order chi connectivity index (χ1) is 16.4. The number of hydrogen-bond donors (Lipinski definition) is 1. The molecule has 2 aromatic carbocycles. The molecule has 174 valence electrons. The molecule has 1 N–H and O–H groups in total. The Kier molecular flexibility index (Phi) is 5.76. The second-order valence-corrected chi connectivity index (χ2v) is 10.00. The molecule has 1 aliphatic rings. The van der Waals surface area contributed by atoms with Crippen molar-refractivity contribution in [2.45, 2.75) is 24.5 Å². The molecule has 0 spiro atoms. The number of anilines is 1. The van der Waals surface area contributed by atoms with E-state index in [2.05, 4.69) is 9.97 Å². The van der Waals surface area contributed by atoms with Gasteiger partial charge in [0.1, 0.15) is 0 Å². The number of H-pyrrole nitrogens is 1. The molecule has 0 radical (unpaired) electrons. The predicted molar refractivity (Wildman–Crippen MR) is 126 cm³/mol. The predicted octanol–water partition coefficient (Wildman–Crippen LogP) is 2.74. The number of carbonyl (C=O) groups is 1. The monoisotopic (exact) mass is 476 g/mol. The second kappa shape index (κ2) is 8.88. The third-order valence-corrected chi connectivity index (χ3v) is 7.79. The zero-order valence-corrected chi connectivity index (χ0v) is 19.4. The Morgan fingerprint density at radius 1 is 1.09 bits per heavy atom. The number of para-hydroxylation sites is 1. The maximum Gasteiger partial charge on any atom is 0.260 e. The van der Waals surface area contributed by atoms with Crippen LogP contribution in [-0.4, -0.2) is 44.9 Å². The number of fused-ring (bicyclic) bond motifs is 1. The van der Waals surface area contributed by atoms with E-state index >= 15 is 0 Å². The highest BCUT2D eigenvalue weighted by molar-refractivity contribution is 7.89. The molecule has 1 amide bonds. The van der Waals surface area contributed by atoms with E-state index < -0.39 is 10.0 Å². The molecule has 0 aliphatic carbocycles. The Morgan fingerprint density at radius 3 is 2.47 bits per heavy atom. The molecule has 3 heterocycles.